The number of methoxy groups -OCH3 is 1. The molecule has 0 spiro atoms. The van der Waals surface area contributed by atoms with Crippen LogP contribution in [-0.4, -0.2) is 38.8 Å². The topological polar surface area (TPSA) is 55.8 Å². The minimum absolute atomic E-state index is 0. The van der Waals surface area contributed by atoms with Crippen molar-refractivity contribution in [1.29, 1.82) is 0 Å². The predicted molar refractivity (Wildman–Crippen MR) is 99.7 cm³/mol. The zero-order chi connectivity index (χ0) is 21.3. The zero-order valence-corrected chi connectivity index (χ0v) is 21.1. The molecule has 1 aromatic carbocycles. The summed E-state index contributed by atoms with van der Waals surface area (Å²) < 4.78 is 51.2. The van der Waals surface area contributed by atoms with E-state index in [0.717, 1.165) is 4.90 Å². The minimum Gasteiger partial charge on any atom is -0.469 e. The van der Waals surface area contributed by atoms with E-state index in [1.54, 1.807) is 27.7 Å². The summed E-state index contributed by atoms with van der Waals surface area (Å²) in [4.78, 5) is 25.2. The van der Waals surface area contributed by atoms with Crippen LogP contribution in [0.3, 0.4) is 0 Å². The number of carbonyl (C=O) groups excluding carboxylic acids is 2. The molecule has 0 fully saturated rings. The molecule has 0 saturated heterocycles. The van der Waals surface area contributed by atoms with Crippen LogP contribution >= 0.6 is 0 Å². The minimum atomic E-state index is -5.36. The van der Waals surface area contributed by atoms with Crippen LogP contribution in [0.15, 0.2) is 0 Å². The first-order valence-electron chi connectivity index (χ1n) is 8.47. The van der Waals surface area contributed by atoms with Crippen LogP contribution in [0.2, 0.25) is 0 Å². The van der Waals surface area contributed by atoms with Crippen LogP contribution in [0.1, 0.15) is 43.0 Å². The van der Waals surface area contributed by atoms with Crippen LogP contribution in [0.4, 0.5) is 23.4 Å². The van der Waals surface area contributed by atoms with Gasteiger partial charge in [-0.25, -0.2) is 4.79 Å². The quantitative estimate of drug-likeness (QED) is 0.526. The Kier molecular flexibility index (Phi) is 9.78. The Labute approximate surface area is 206 Å². The molecule has 0 N–H and O–H groups in total. The molecule has 0 aliphatic heterocycles. The van der Waals surface area contributed by atoms with Gasteiger partial charge in [0, 0.05) is 12.7 Å². The first kappa shape index (κ1) is 27.5. The summed E-state index contributed by atoms with van der Waals surface area (Å²) in [6.07, 6.45) is -1.09. The summed E-state index contributed by atoms with van der Waals surface area (Å²) >= 11 is 0. The van der Waals surface area contributed by atoms with Crippen LogP contribution in [0, 0.1) is 20.8 Å². The van der Waals surface area contributed by atoms with Gasteiger partial charge in [0.05, 0.1) is 13.5 Å². The number of rotatable bonds is 4. The molecule has 0 radical (unpaired) electrons. The van der Waals surface area contributed by atoms with E-state index in [1.807, 2.05) is 0 Å². The number of hydrogen-bond acceptors (Lipinski definition) is 4. The van der Waals surface area contributed by atoms with Gasteiger partial charge in [-0.05, 0) is 52.7 Å². The molecule has 1 rings (SSSR count). The van der Waals surface area contributed by atoms with E-state index in [2.05, 4.69) is 4.74 Å². The van der Waals surface area contributed by atoms with Crippen molar-refractivity contribution in [2.75, 3.05) is 19.1 Å². The van der Waals surface area contributed by atoms with Crippen molar-refractivity contribution in [1.82, 2.24) is 0 Å². The Bertz CT molecular complexity index is 761. The molecule has 5 nitrogen and oxygen atoms in total. The van der Waals surface area contributed by atoms with Crippen molar-refractivity contribution in [3.8, 4) is 0 Å². The number of anilines is 1. The number of esters is 1. The second-order valence-corrected chi connectivity index (χ2v) is 7.48. The number of ether oxygens (including phenoxy) is 2. The molecule has 0 unspecified atom stereocenters. The molecule has 1 aromatic rings. The summed E-state index contributed by atoms with van der Waals surface area (Å²) in [5, 5.41) is 0. The molecule has 0 heterocycles. The average molecular weight is 427 g/mol. The Hall–Kier alpha value is -0.549. The van der Waals surface area contributed by atoms with Crippen molar-refractivity contribution in [3.05, 3.63) is 22.3 Å². The Morgan fingerprint density at radius 2 is 1.54 bits per heavy atom. The zero-order valence-electron chi connectivity index (χ0n) is 18.0. The SMILES string of the molecule is COC(=O)Cc1c(C)c(N(C)C(=O)OC(C)(C)C)c(C)c([B-](F)(F)F)c1C.[K+]. The fourth-order valence-electron chi connectivity index (χ4n) is 3.17. The second kappa shape index (κ2) is 9.97. The largest absolute Gasteiger partial charge is 1.00 e. The number of amides is 1. The second-order valence-electron chi connectivity index (χ2n) is 7.48. The van der Waals surface area contributed by atoms with Crippen molar-refractivity contribution in [2.24, 2.45) is 0 Å². The van der Waals surface area contributed by atoms with Crippen molar-refractivity contribution in [2.45, 2.75) is 53.6 Å². The summed E-state index contributed by atoms with van der Waals surface area (Å²) in [6.45, 7) is 3.89. The van der Waals surface area contributed by atoms with Gasteiger partial charge in [0.25, 0.3) is 0 Å². The third kappa shape index (κ3) is 6.48. The third-order valence-electron chi connectivity index (χ3n) is 4.30. The summed E-state index contributed by atoms with van der Waals surface area (Å²) in [7, 11) is 2.53. The molecule has 0 aromatic heterocycles. The standard InChI is InChI=1S/C18H26BF3NO4.K/c1-10-13(9-14(24)26-8)11(2)16(12(3)15(10)19(20,21)22)23(7)17(25)27-18(4,5)6;/h9H2,1-8H3;/q-1;+1. The monoisotopic (exact) mass is 427 g/mol. The van der Waals surface area contributed by atoms with Crippen LogP contribution in [0.5, 0.6) is 0 Å². The van der Waals surface area contributed by atoms with Gasteiger partial charge in [-0.3, -0.25) is 9.69 Å². The molecule has 0 aliphatic carbocycles. The first-order valence-corrected chi connectivity index (χ1v) is 8.47. The number of carbonyl (C=O) groups is 2. The van der Waals surface area contributed by atoms with Crippen LogP contribution < -0.4 is 61.7 Å². The number of hydrogen-bond donors (Lipinski definition) is 0. The van der Waals surface area contributed by atoms with Gasteiger partial charge in [-0.2, -0.15) is 0 Å². The Morgan fingerprint density at radius 3 is 1.93 bits per heavy atom. The predicted octanol–water partition coefficient (Wildman–Crippen LogP) is 0.757. The summed E-state index contributed by atoms with van der Waals surface area (Å²) in [5.74, 6) is -0.656. The van der Waals surface area contributed by atoms with Gasteiger partial charge >= 0.3 is 70.4 Å². The molecule has 10 heteroatoms. The van der Waals surface area contributed by atoms with Crippen molar-refractivity contribution >= 4 is 30.2 Å². The van der Waals surface area contributed by atoms with E-state index >= 15 is 0 Å². The number of halogens is 3. The summed E-state index contributed by atoms with van der Waals surface area (Å²) in [5.41, 5.74) is -1.00. The van der Waals surface area contributed by atoms with Gasteiger partial charge in [0.1, 0.15) is 5.60 Å². The molecular weight excluding hydrogens is 401 g/mol. The molecular formula is C18H26BF3KNO4. The molecule has 152 valence electrons. The molecule has 28 heavy (non-hydrogen) atoms. The fraction of sp³-hybridized carbons (Fsp3) is 0.556. The maximum atomic E-state index is 13.8. The van der Waals surface area contributed by atoms with Gasteiger partial charge in [-0.15, -0.1) is 5.46 Å². The normalized spacial score (nSPS) is 11.5. The maximum absolute atomic E-state index is 13.8. The summed E-state index contributed by atoms with van der Waals surface area (Å²) in [6, 6.07) is 0. The van der Waals surface area contributed by atoms with E-state index in [1.165, 1.54) is 28.0 Å². The molecule has 0 aliphatic rings. The molecule has 1 amide bonds. The van der Waals surface area contributed by atoms with Gasteiger partial charge < -0.3 is 22.4 Å². The Balaban J connectivity index is 0.00000729. The molecule has 0 atom stereocenters. The average Bonchev–Trinajstić information content (AvgIpc) is 2.47. The van der Waals surface area contributed by atoms with Crippen LogP contribution in [0.25, 0.3) is 0 Å². The third-order valence-corrected chi connectivity index (χ3v) is 4.30. The van der Waals surface area contributed by atoms with E-state index in [9.17, 15) is 22.5 Å². The van der Waals surface area contributed by atoms with E-state index < -0.39 is 30.1 Å². The van der Waals surface area contributed by atoms with E-state index in [4.69, 9.17) is 4.74 Å². The Morgan fingerprint density at radius 1 is 1.04 bits per heavy atom. The van der Waals surface area contributed by atoms with E-state index in [0.29, 0.717) is 5.56 Å². The van der Waals surface area contributed by atoms with Crippen molar-refractivity contribution < 1.29 is 83.4 Å². The first-order chi connectivity index (χ1) is 12.1. The van der Waals surface area contributed by atoms with Gasteiger partial charge in [0.15, 0.2) is 0 Å². The molecule has 0 bridgehead atoms. The molecule has 0 saturated carbocycles. The van der Waals surface area contributed by atoms with E-state index in [-0.39, 0.29) is 80.2 Å². The van der Waals surface area contributed by atoms with Crippen molar-refractivity contribution in [3.63, 3.8) is 0 Å². The fourth-order valence-corrected chi connectivity index (χ4v) is 3.17. The van der Waals surface area contributed by atoms with Gasteiger partial charge in [0.2, 0.25) is 0 Å². The smallest absolute Gasteiger partial charge is 0.469 e. The number of nitrogens with zero attached hydrogens (tertiary/aromatic N) is 1. The van der Waals surface area contributed by atoms with Gasteiger partial charge in [-0.1, -0.05) is 11.1 Å². The van der Waals surface area contributed by atoms with Crippen LogP contribution in [-0.2, 0) is 20.7 Å². The number of benzene rings is 1. The maximum Gasteiger partial charge on any atom is 1.00 e.